The molecule has 2 N–H and O–H groups in total. The average Bonchev–Trinajstić information content (AvgIpc) is 3.44. The third-order valence-corrected chi connectivity index (χ3v) is 5.35. The predicted octanol–water partition coefficient (Wildman–Crippen LogP) is 3.65. The number of aliphatic imine (C=N–C) groups is 1. The summed E-state index contributed by atoms with van der Waals surface area (Å²) in [4.78, 5) is 8.00. The molecule has 4 nitrogen and oxygen atoms in total. The van der Waals surface area contributed by atoms with Crippen molar-refractivity contribution in [1.82, 2.24) is 15.6 Å². The first-order valence-electron chi connectivity index (χ1n) is 8.51. The van der Waals surface area contributed by atoms with Crippen LogP contribution in [0.2, 0.25) is 0 Å². The second-order valence-corrected chi connectivity index (χ2v) is 7.48. The van der Waals surface area contributed by atoms with Crippen LogP contribution in [0.15, 0.2) is 10.4 Å². The molecule has 8 heteroatoms. The maximum Gasteiger partial charge on any atom is 0.434 e. The molecule has 2 aliphatic carbocycles. The maximum atomic E-state index is 12.6. The summed E-state index contributed by atoms with van der Waals surface area (Å²) in [5.74, 6) is 3.07. The van der Waals surface area contributed by atoms with Crippen LogP contribution in [0, 0.1) is 17.8 Å². The van der Waals surface area contributed by atoms with Gasteiger partial charge in [-0.3, -0.25) is 0 Å². The normalized spacial score (nSPS) is 19.0. The molecule has 0 aliphatic heterocycles. The second kappa shape index (κ2) is 7.29. The summed E-state index contributed by atoms with van der Waals surface area (Å²) >= 11 is 0.997. The Morgan fingerprint density at radius 1 is 1.29 bits per heavy atom. The van der Waals surface area contributed by atoms with Gasteiger partial charge in [0.15, 0.2) is 11.7 Å². The molecule has 1 heterocycles. The minimum atomic E-state index is -4.39. The number of hydrogen-bond acceptors (Lipinski definition) is 3. The summed E-state index contributed by atoms with van der Waals surface area (Å²) in [7, 11) is 0. The highest BCUT2D eigenvalue weighted by atomic mass is 32.1. The van der Waals surface area contributed by atoms with Gasteiger partial charge >= 0.3 is 6.18 Å². The Hall–Kier alpha value is -1.31. The quantitative estimate of drug-likeness (QED) is 0.576. The number of alkyl halides is 3. The zero-order chi connectivity index (χ0) is 17.2. The minimum Gasteiger partial charge on any atom is -0.357 e. The summed E-state index contributed by atoms with van der Waals surface area (Å²) in [5.41, 5.74) is -0.835. The zero-order valence-corrected chi connectivity index (χ0v) is 14.5. The van der Waals surface area contributed by atoms with Gasteiger partial charge in [0, 0.05) is 18.5 Å². The topological polar surface area (TPSA) is 49.3 Å². The van der Waals surface area contributed by atoms with Crippen LogP contribution in [-0.2, 0) is 12.7 Å². The lowest BCUT2D eigenvalue weighted by atomic mass is 9.98. The molecule has 0 atom stereocenters. The van der Waals surface area contributed by atoms with Gasteiger partial charge in [-0.05, 0) is 50.4 Å². The first-order chi connectivity index (χ1) is 11.5. The van der Waals surface area contributed by atoms with E-state index in [2.05, 4.69) is 20.6 Å². The fraction of sp³-hybridized carbons (Fsp3) is 0.750. The van der Waals surface area contributed by atoms with Gasteiger partial charge in [0.2, 0.25) is 0 Å². The van der Waals surface area contributed by atoms with Crippen LogP contribution >= 0.6 is 11.3 Å². The van der Waals surface area contributed by atoms with E-state index in [1.54, 1.807) is 0 Å². The Kier molecular flexibility index (Phi) is 5.32. The number of hydrogen-bond donors (Lipinski definition) is 2. The van der Waals surface area contributed by atoms with Crippen LogP contribution in [0.25, 0.3) is 0 Å². The number of aromatic nitrogens is 1. The number of nitrogens with one attached hydrogen (secondary N) is 2. The van der Waals surface area contributed by atoms with Crippen molar-refractivity contribution in [2.45, 2.75) is 45.3 Å². The summed E-state index contributed by atoms with van der Waals surface area (Å²) in [6.45, 7) is 3.75. The first kappa shape index (κ1) is 17.5. The number of nitrogens with zero attached hydrogens (tertiary/aromatic N) is 2. The van der Waals surface area contributed by atoms with E-state index in [0.717, 1.165) is 41.6 Å². The maximum absolute atomic E-state index is 12.6. The molecular weight excluding hydrogens is 337 g/mol. The molecule has 0 amide bonds. The Labute approximate surface area is 144 Å². The summed E-state index contributed by atoms with van der Waals surface area (Å²) in [6, 6.07) is 0. The molecule has 0 aromatic carbocycles. The van der Waals surface area contributed by atoms with E-state index in [0.29, 0.717) is 16.9 Å². The Balaban J connectivity index is 1.55. The summed E-state index contributed by atoms with van der Waals surface area (Å²) in [6.07, 6.45) is 0.931. The number of halogens is 3. The van der Waals surface area contributed by atoms with E-state index < -0.39 is 11.9 Å². The predicted molar refractivity (Wildman–Crippen MR) is 88.9 cm³/mol. The van der Waals surface area contributed by atoms with Gasteiger partial charge in [-0.2, -0.15) is 13.2 Å². The average molecular weight is 360 g/mol. The van der Waals surface area contributed by atoms with Crippen LogP contribution in [0.3, 0.4) is 0 Å². The zero-order valence-electron chi connectivity index (χ0n) is 13.7. The Morgan fingerprint density at radius 3 is 2.46 bits per heavy atom. The van der Waals surface area contributed by atoms with E-state index in [1.165, 1.54) is 25.7 Å². The molecule has 0 spiro atoms. The molecule has 134 valence electrons. The Bertz CT molecular complexity index is 564. The highest BCUT2D eigenvalue weighted by Gasteiger charge is 2.41. The number of rotatable bonds is 7. The molecule has 2 aliphatic rings. The first-order valence-corrected chi connectivity index (χ1v) is 9.39. The Morgan fingerprint density at radius 2 is 1.96 bits per heavy atom. The lowest BCUT2D eigenvalue weighted by Gasteiger charge is -2.18. The molecule has 24 heavy (non-hydrogen) atoms. The van der Waals surface area contributed by atoms with E-state index >= 15 is 0 Å². The SMILES string of the molecule is CCNC(=NCc1nc(C(F)(F)F)cs1)NCC(C1CC1)C1CC1. The molecule has 0 saturated heterocycles. The van der Waals surface area contributed by atoms with Gasteiger partial charge in [-0.15, -0.1) is 11.3 Å². The van der Waals surface area contributed by atoms with E-state index in [1.807, 2.05) is 6.92 Å². The molecule has 2 saturated carbocycles. The largest absolute Gasteiger partial charge is 0.434 e. The molecule has 1 aromatic rings. The van der Waals surface area contributed by atoms with Crippen molar-refractivity contribution >= 4 is 17.3 Å². The third kappa shape index (κ3) is 4.84. The van der Waals surface area contributed by atoms with Gasteiger partial charge < -0.3 is 10.6 Å². The van der Waals surface area contributed by atoms with Gasteiger partial charge in [-0.25, -0.2) is 9.98 Å². The van der Waals surface area contributed by atoms with Crippen LogP contribution in [0.5, 0.6) is 0 Å². The van der Waals surface area contributed by atoms with Crippen molar-refractivity contribution < 1.29 is 13.2 Å². The van der Waals surface area contributed by atoms with Crippen molar-refractivity contribution in [1.29, 1.82) is 0 Å². The molecule has 0 radical (unpaired) electrons. The lowest BCUT2D eigenvalue weighted by molar-refractivity contribution is -0.140. The number of guanidine groups is 1. The van der Waals surface area contributed by atoms with Crippen LogP contribution < -0.4 is 10.6 Å². The fourth-order valence-corrected chi connectivity index (χ4v) is 3.71. The summed E-state index contributed by atoms with van der Waals surface area (Å²) in [5, 5.41) is 7.94. The molecule has 0 unspecified atom stereocenters. The number of thiazole rings is 1. The third-order valence-electron chi connectivity index (χ3n) is 4.52. The standard InChI is InChI=1S/C16H23F3N4S/c1-2-20-15(21-7-12(10-3-4-10)11-5-6-11)22-8-14-23-13(9-24-14)16(17,18)19/h9-12H,2-8H2,1H3,(H2,20,21,22). The highest BCUT2D eigenvalue weighted by molar-refractivity contribution is 7.09. The molecule has 0 bridgehead atoms. The van der Waals surface area contributed by atoms with Gasteiger partial charge in [-0.1, -0.05) is 0 Å². The van der Waals surface area contributed by atoms with Crippen LogP contribution in [0.4, 0.5) is 13.2 Å². The van der Waals surface area contributed by atoms with E-state index in [-0.39, 0.29) is 6.54 Å². The monoisotopic (exact) mass is 360 g/mol. The molecule has 2 fully saturated rings. The van der Waals surface area contributed by atoms with Crippen LogP contribution in [-0.4, -0.2) is 24.0 Å². The highest BCUT2D eigenvalue weighted by Crippen LogP contribution is 2.48. The van der Waals surface area contributed by atoms with Crippen molar-refractivity contribution in [3.63, 3.8) is 0 Å². The van der Waals surface area contributed by atoms with Crippen molar-refractivity contribution in [3.05, 3.63) is 16.1 Å². The minimum absolute atomic E-state index is 0.160. The molecular formula is C16H23F3N4S. The second-order valence-electron chi connectivity index (χ2n) is 6.54. The molecule has 3 rings (SSSR count). The smallest absolute Gasteiger partial charge is 0.357 e. The summed E-state index contributed by atoms with van der Waals surface area (Å²) < 4.78 is 37.7. The van der Waals surface area contributed by atoms with Crippen molar-refractivity contribution in [2.75, 3.05) is 13.1 Å². The van der Waals surface area contributed by atoms with Crippen molar-refractivity contribution in [2.24, 2.45) is 22.7 Å². The van der Waals surface area contributed by atoms with Gasteiger partial charge in [0.1, 0.15) is 5.01 Å². The van der Waals surface area contributed by atoms with Gasteiger partial charge in [0.05, 0.1) is 6.54 Å². The van der Waals surface area contributed by atoms with Crippen LogP contribution in [0.1, 0.15) is 43.3 Å². The van der Waals surface area contributed by atoms with E-state index in [4.69, 9.17) is 0 Å². The fourth-order valence-electron chi connectivity index (χ4n) is 2.98. The van der Waals surface area contributed by atoms with Gasteiger partial charge in [0.25, 0.3) is 0 Å². The van der Waals surface area contributed by atoms with Crippen molar-refractivity contribution in [3.8, 4) is 0 Å². The molecule has 1 aromatic heterocycles. The van der Waals surface area contributed by atoms with E-state index in [9.17, 15) is 13.2 Å². The lowest BCUT2D eigenvalue weighted by Crippen LogP contribution is -2.40.